The fraction of sp³-hybridized carbons (Fsp3) is 0.391. The number of likely N-dealkylation sites (tertiary alicyclic amines) is 1. The second-order valence-corrected chi connectivity index (χ2v) is 8.11. The zero-order valence-electron chi connectivity index (χ0n) is 16.7. The minimum atomic E-state index is -0.409. The predicted octanol–water partition coefficient (Wildman–Crippen LogP) is 4.08. The van der Waals surface area contributed by atoms with Gasteiger partial charge in [0.25, 0.3) is 5.91 Å². The third-order valence-corrected chi connectivity index (χ3v) is 6.18. The van der Waals surface area contributed by atoms with Gasteiger partial charge in [0, 0.05) is 30.6 Å². The molecule has 0 atom stereocenters. The Morgan fingerprint density at radius 3 is 2.53 bits per heavy atom. The molecule has 5 nitrogen and oxygen atoms in total. The van der Waals surface area contributed by atoms with Gasteiger partial charge in [-0.15, -0.1) is 0 Å². The van der Waals surface area contributed by atoms with Crippen molar-refractivity contribution in [2.75, 3.05) is 31.1 Å². The topological polar surface area (TPSA) is 49.9 Å². The number of carbonyl (C=O) groups excluding carboxylic acids is 2. The van der Waals surface area contributed by atoms with Gasteiger partial charge < -0.3 is 14.5 Å². The van der Waals surface area contributed by atoms with Crippen molar-refractivity contribution in [2.24, 2.45) is 5.92 Å². The van der Waals surface area contributed by atoms with E-state index >= 15 is 0 Å². The second kappa shape index (κ2) is 9.04. The van der Waals surface area contributed by atoms with E-state index in [1.807, 2.05) is 18.2 Å². The molecule has 0 radical (unpaired) electrons. The first-order chi connectivity index (χ1) is 14.5. The Morgan fingerprint density at radius 2 is 1.80 bits per heavy atom. The Balaban J connectivity index is 1.35. The number of piperidine rings is 1. The van der Waals surface area contributed by atoms with Gasteiger partial charge in [-0.1, -0.05) is 29.8 Å². The van der Waals surface area contributed by atoms with E-state index in [1.54, 1.807) is 28.0 Å². The molecule has 2 aromatic carbocycles. The molecule has 30 heavy (non-hydrogen) atoms. The van der Waals surface area contributed by atoms with Crippen molar-refractivity contribution < 1.29 is 18.7 Å². The van der Waals surface area contributed by atoms with Crippen molar-refractivity contribution in [1.82, 2.24) is 4.90 Å². The van der Waals surface area contributed by atoms with Crippen molar-refractivity contribution >= 4 is 29.1 Å². The lowest BCUT2D eigenvalue weighted by molar-refractivity contribution is -0.136. The molecule has 4 rings (SSSR count). The van der Waals surface area contributed by atoms with E-state index in [4.69, 9.17) is 16.3 Å². The van der Waals surface area contributed by atoms with E-state index in [-0.39, 0.29) is 24.3 Å². The normalized spacial score (nSPS) is 16.9. The van der Waals surface area contributed by atoms with Gasteiger partial charge >= 0.3 is 0 Å². The van der Waals surface area contributed by atoms with E-state index < -0.39 is 5.82 Å². The lowest BCUT2D eigenvalue weighted by Gasteiger charge is -2.36. The van der Waals surface area contributed by atoms with Crippen LogP contribution in [0.5, 0.6) is 5.75 Å². The Morgan fingerprint density at radius 1 is 1.07 bits per heavy atom. The van der Waals surface area contributed by atoms with Crippen LogP contribution in [0.2, 0.25) is 5.02 Å². The van der Waals surface area contributed by atoms with Crippen LogP contribution >= 0.6 is 11.6 Å². The minimum Gasteiger partial charge on any atom is -0.484 e. The number of hydrogen-bond donors (Lipinski definition) is 0. The van der Waals surface area contributed by atoms with Crippen LogP contribution in [0, 0.1) is 11.7 Å². The molecule has 1 fully saturated rings. The molecule has 0 spiro atoms. The van der Waals surface area contributed by atoms with Crippen molar-refractivity contribution in [2.45, 2.75) is 25.7 Å². The number of ether oxygens (including phenoxy) is 1. The lowest BCUT2D eigenvalue weighted by atomic mass is 9.93. The summed E-state index contributed by atoms with van der Waals surface area (Å²) in [7, 11) is 0. The Bertz CT molecular complexity index is 930. The van der Waals surface area contributed by atoms with Crippen LogP contribution in [-0.4, -0.2) is 43.0 Å². The highest BCUT2D eigenvalue weighted by Crippen LogP contribution is 2.36. The molecule has 2 heterocycles. The second-order valence-electron chi connectivity index (χ2n) is 7.71. The van der Waals surface area contributed by atoms with E-state index in [0.29, 0.717) is 60.9 Å². The fourth-order valence-corrected chi connectivity index (χ4v) is 4.46. The zero-order valence-corrected chi connectivity index (χ0v) is 17.4. The Labute approximate surface area is 180 Å². The summed E-state index contributed by atoms with van der Waals surface area (Å²) in [6.07, 6.45) is 2.55. The van der Waals surface area contributed by atoms with Gasteiger partial charge in [-0.3, -0.25) is 9.59 Å². The smallest absolute Gasteiger partial charge is 0.260 e. The van der Waals surface area contributed by atoms with Crippen molar-refractivity contribution in [3.8, 4) is 5.75 Å². The number of benzene rings is 2. The molecule has 2 aromatic rings. The molecule has 0 N–H and O–H groups in total. The first-order valence-corrected chi connectivity index (χ1v) is 10.7. The Kier molecular flexibility index (Phi) is 6.23. The average Bonchev–Trinajstić information content (AvgIpc) is 2.80. The maximum Gasteiger partial charge on any atom is 0.260 e. The van der Waals surface area contributed by atoms with Crippen LogP contribution < -0.4 is 9.64 Å². The molecule has 0 saturated carbocycles. The van der Waals surface area contributed by atoms with Gasteiger partial charge in [-0.05, 0) is 55.5 Å². The summed E-state index contributed by atoms with van der Waals surface area (Å²) < 4.78 is 20.0. The summed E-state index contributed by atoms with van der Waals surface area (Å²) in [5.41, 5.74) is 1.04. The van der Waals surface area contributed by atoms with E-state index in [0.717, 1.165) is 6.42 Å². The quantitative estimate of drug-likeness (QED) is 0.734. The van der Waals surface area contributed by atoms with Gasteiger partial charge in [-0.2, -0.15) is 0 Å². The molecule has 1 saturated heterocycles. The summed E-state index contributed by atoms with van der Waals surface area (Å²) in [6, 6.07) is 12.1. The van der Waals surface area contributed by atoms with Crippen LogP contribution in [0.25, 0.3) is 0 Å². The molecule has 0 aliphatic carbocycles. The van der Waals surface area contributed by atoms with Gasteiger partial charge in [0.2, 0.25) is 5.91 Å². The third-order valence-electron chi connectivity index (χ3n) is 5.82. The first kappa shape index (κ1) is 20.7. The molecule has 0 unspecified atom stereocenters. The molecule has 2 aliphatic rings. The number of fused-ring (bicyclic) bond motifs is 1. The number of rotatable bonds is 4. The summed E-state index contributed by atoms with van der Waals surface area (Å²) in [5, 5.41) is 0.503. The number of carbonyl (C=O) groups is 2. The third kappa shape index (κ3) is 4.29. The summed E-state index contributed by atoms with van der Waals surface area (Å²) >= 11 is 6.24. The highest BCUT2D eigenvalue weighted by molar-refractivity contribution is 6.32. The van der Waals surface area contributed by atoms with E-state index in [1.165, 1.54) is 6.07 Å². The van der Waals surface area contributed by atoms with Gasteiger partial charge in [0.1, 0.15) is 11.6 Å². The van der Waals surface area contributed by atoms with Crippen molar-refractivity contribution in [1.29, 1.82) is 0 Å². The number of nitrogens with zero attached hydrogens (tertiary/aromatic N) is 2. The molecule has 7 heteroatoms. The van der Waals surface area contributed by atoms with Gasteiger partial charge in [0.15, 0.2) is 6.61 Å². The summed E-state index contributed by atoms with van der Waals surface area (Å²) in [6.45, 7) is 1.46. The molecule has 0 bridgehead atoms. The van der Waals surface area contributed by atoms with E-state index in [2.05, 4.69) is 0 Å². The molecule has 2 amide bonds. The number of halogens is 2. The van der Waals surface area contributed by atoms with E-state index in [9.17, 15) is 14.0 Å². The van der Waals surface area contributed by atoms with Gasteiger partial charge in [0.05, 0.1) is 5.69 Å². The molecular weight excluding hydrogens is 407 g/mol. The SMILES string of the molecule is O=C(COc1ccccc1)N1CCC(C(=O)N2CCCc3c(Cl)ccc(F)c32)CC1. The predicted molar refractivity (Wildman–Crippen MR) is 113 cm³/mol. The zero-order chi connectivity index (χ0) is 21.1. The van der Waals surface area contributed by atoms with Crippen molar-refractivity contribution in [3.05, 3.63) is 58.9 Å². The Hall–Kier alpha value is -2.60. The first-order valence-electron chi connectivity index (χ1n) is 10.3. The maximum atomic E-state index is 14.5. The standard InChI is InChI=1S/C23H24ClFN2O3/c24-19-8-9-20(25)22-18(19)7-4-12-27(22)23(29)16-10-13-26(14-11-16)21(28)15-30-17-5-2-1-3-6-17/h1-3,5-6,8-9,16H,4,7,10-15H2. The van der Waals surface area contributed by atoms with Crippen LogP contribution in [-0.2, 0) is 16.0 Å². The summed E-state index contributed by atoms with van der Waals surface area (Å²) in [5.74, 6) is -0.155. The number of amides is 2. The largest absolute Gasteiger partial charge is 0.484 e. The fourth-order valence-electron chi connectivity index (χ4n) is 4.21. The van der Waals surface area contributed by atoms with Crippen LogP contribution in [0.4, 0.5) is 10.1 Å². The van der Waals surface area contributed by atoms with Crippen molar-refractivity contribution in [3.63, 3.8) is 0 Å². The minimum absolute atomic E-state index is 0.0220. The molecule has 0 aromatic heterocycles. The molecule has 2 aliphatic heterocycles. The number of para-hydroxylation sites is 1. The number of hydrogen-bond acceptors (Lipinski definition) is 3. The summed E-state index contributed by atoms with van der Waals surface area (Å²) in [4.78, 5) is 28.9. The molecule has 158 valence electrons. The lowest BCUT2D eigenvalue weighted by Crippen LogP contribution is -2.47. The molecular formula is C23H24ClFN2O3. The highest BCUT2D eigenvalue weighted by atomic mass is 35.5. The van der Waals surface area contributed by atoms with Crippen LogP contribution in [0.15, 0.2) is 42.5 Å². The monoisotopic (exact) mass is 430 g/mol. The van der Waals surface area contributed by atoms with Gasteiger partial charge in [-0.25, -0.2) is 4.39 Å². The van der Waals surface area contributed by atoms with Crippen LogP contribution in [0.3, 0.4) is 0 Å². The van der Waals surface area contributed by atoms with Crippen LogP contribution in [0.1, 0.15) is 24.8 Å². The highest BCUT2D eigenvalue weighted by Gasteiger charge is 2.34. The number of anilines is 1. The maximum absolute atomic E-state index is 14.5. The average molecular weight is 431 g/mol.